The highest BCUT2D eigenvalue weighted by Gasteiger charge is 2.04. The summed E-state index contributed by atoms with van der Waals surface area (Å²) in [5.41, 5.74) is 1.16. The molecule has 2 heterocycles. The van der Waals surface area contributed by atoms with Gasteiger partial charge in [0, 0.05) is 25.5 Å². The highest BCUT2D eigenvalue weighted by atomic mass is 79.9. The zero-order valence-electron chi connectivity index (χ0n) is 11.0. The average molecular weight is 325 g/mol. The fourth-order valence-corrected chi connectivity index (χ4v) is 1.94. The standard InChI is InChI=1S/C12H17BrN6/c1-3-14-12-16-7-10(13)11(18-12)15-4-5-19-8-9(2)6-17-19/h6-8H,3-5H2,1-2H3,(H2,14,15,16,18). The van der Waals surface area contributed by atoms with E-state index in [2.05, 4.69) is 41.6 Å². The van der Waals surface area contributed by atoms with E-state index in [9.17, 15) is 0 Å². The first-order chi connectivity index (χ1) is 9.19. The van der Waals surface area contributed by atoms with Crippen LogP contribution in [0.25, 0.3) is 0 Å². The van der Waals surface area contributed by atoms with E-state index in [1.165, 1.54) is 0 Å². The van der Waals surface area contributed by atoms with Gasteiger partial charge in [-0.15, -0.1) is 0 Å². The molecule has 0 fully saturated rings. The van der Waals surface area contributed by atoms with Gasteiger partial charge in [0.15, 0.2) is 0 Å². The number of aryl methyl sites for hydroxylation is 1. The van der Waals surface area contributed by atoms with Gasteiger partial charge in [0.25, 0.3) is 0 Å². The maximum absolute atomic E-state index is 4.39. The monoisotopic (exact) mass is 324 g/mol. The Balaban J connectivity index is 1.93. The van der Waals surface area contributed by atoms with E-state index in [4.69, 9.17) is 0 Å². The van der Waals surface area contributed by atoms with E-state index >= 15 is 0 Å². The largest absolute Gasteiger partial charge is 0.367 e. The molecule has 0 atom stereocenters. The van der Waals surface area contributed by atoms with E-state index in [1.807, 2.05) is 30.9 Å². The van der Waals surface area contributed by atoms with Crippen LogP contribution in [0.3, 0.4) is 0 Å². The van der Waals surface area contributed by atoms with Crippen LogP contribution in [-0.2, 0) is 6.54 Å². The van der Waals surface area contributed by atoms with Gasteiger partial charge in [-0.05, 0) is 35.3 Å². The van der Waals surface area contributed by atoms with Crippen molar-refractivity contribution >= 4 is 27.7 Å². The van der Waals surface area contributed by atoms with Crippen LogP contribution in [0.4, 0.5) is 11.8 Å². The molecule has 0 aliphatic rings. The van der Waals surface area contributed by atoms with Gasteiger partial charge in [-0.25, -0.2) is 4.98 Å². The van der Waals surface area contributed by atoms with E-state index in [0.717, 1.165) is 35.5 Å². The van der Waals surface area contributed by atoms with Gasteiger partial charge in [0.2, 0.25) is 5.95 Å². The van der Waals surface area contributed by atoms with Crippen LogP contribution in [0.1, 0.15) is 12.5 Å². The summed E-state index contributed by atoms with van der Waals surface area (Å²) < 4.78 is 2.76. The normalized spacial score (nSPS) is 10.5. The number of nitrogens with zero attached hydrogens (tertiary/aromatic N) is 4. The molecule has 2 rings (SSSR count). The van der Waals surface area contributed by atoms with Crippen molar-refractivity contribution < 1.29 is 0 Å². The molecule has 0 aliphatic carbocycles. The van der Waals surface area contributed by atoms with Crippen LogP contribution in [0.15, 0.2) is 23.1 Å². The van der Waals surface area contributed by atoms with Crippen molar-refractivity contribution in [2.75, 3.05) is 23.7 Å². The maximum Gasteiger partial charge on any atom is 0.224 e. The molecule has 102 valence electrons. The van der Waals surface area contributed by atoms with Gasteiger partial charge in [-0.3, -0.25) is 4.68 Å². The van der Waals surface area contributed by atoms with Crippen LogP contribution < -0.4 is 10.6 Å². The third-order valence-electron chi connectivity index (χ3n) is 2.47. The molecule has 0 saturated heterocycles. The maximum atomic E-state index is 4.39. The van der Waals surface area contributed by atoms with E-state index < -0.39 is 0 Å². The van der Waals surface area contributed by atoms with Crippen LogP contribution in [0, 0.1) is 6.92 Å². The second-order valence-electron chi connectivity index (χ2n) is 4.13. The molecule has 0 aromatic carbocycles. The molecule has 0 aliphatic heterocycles. The van der Waals surface area contributed by atoms with Crippen molar-refractivity contribution in [2.24, 2.45) is 0 Å². The van der Waals surface area contributed by atoms with Gasteiger partial charge in [-0.2, -0.15) is 10.1 Å². The van der Waals surface area contributed by atoms with Gasteiger partial charge in [0.05, 0.1) is 17.2 Å². The molecule has 0 spiro atoms. The summed E-state index contributed by atoms with van der Waals surface area (Å²) in [5, 5.41) is 10.6. The molecule has 0 radical (unpaired) electrons. The molecule has 7 heteroatoms. The van der Waals surface area contributed by atoms with Crippen molar-refractivity contribution in [1.82, 2.24) is 19.7 Å². The van der Waals surface area contributed by atoms with Crippen molar-refractivity contribution in [3.63, 3.8) is 0 Å². The Morgan fingerprint density at radius 2 is 2.16 bits per heavy atom. The number of nitrogens with one attached hydrogen (secondary N) is 2. The summed E-state index contributed by atoms with van der Waals surface area (Å²) in [6.45, 7) is 6.38. The minimum absolute atomic E-state index is 0.628. The number of halogens is 1. The molecular weight excluding hydrogens is 308 g/mol. The molecular formula is C12H17BrN6. The summed E-state index contributed by atoms with van der Waals surface area (Å²) in [6, 6.07) is 0. The molecule has 0 saturated carbocycles. The number of anilines is 2. The zero-order valence-corrected chi connectivity index (χ0v) is 12.6. The summed E-state index contributed by atoms with van der Waals surface area (Å²) in [7, 11) is 0. The van der Waals surface area contributed by atoms with Crippen molar-refractivity contribution in [3.8, 4) is 0 Å². The molecule has 2 aromatic rings. The van der Waals surface area contributed by atoms with E-state index in [-0.39, 0.29) is 0 Å². The Morgan fingerprint density at radius 3 is 2.84 bits per heavy atom. The first-order valence-electron chi connectivity index (χ1n) is 6.18. The molecule has 2 aromatic heterocycles. The number of aromatic nitrogens is 4. The van der Waals surface area contributed by atoms with Gasteiger partial charge >= 0.3 is 0 Å². The minimum atomic E-state index is 0.628. The Morgan fingerprint density at radius 1 is 1.32 bits per heavy atom. The Kier molecular flexibility index (Phi) is 4.73. The summed E-state index contributed by atoms with van der Waals surface area (Å²) >= 11 is 3.43. The number of rotatable bonds is 6. The first kappa shape index (κ1) is 13.8. The fourth-order valence-electron chi connectivity index (χ4n) is 1.61. The quantitative estimate of drug-likeness (QED) is 0.853. The smallest absolute Gasteiger partial charge is 0.224 e. The van der Waals surface area contributed by atoms with Crippen molar-refractivity contribution in [2.45, 2.75) is 20.4 Å². The predicted molar refractivity (Wildman–Crippen MR) is 79.3 cm³/mol. The number of hydrogen-bond acceptors (Lipinski definition) is 5. The minimum Gasteiger partial charge on any atom is -0.367 e. The third-order valence-corrected chi connectivity index (χ3v) is 3.06. The van der Waals surface area contributed by atoms with Gasteiger partial charge < -0.3 is 10.6 Å². The highest BCUT2D eigenvalue weighted by Crippen LogP contribution is 2.19. The van der Waals surface area contributed by atoms with Crippen LogP contribution >= 0.6 is 15.9 Å². The van der Waals surface area contributed by atoms with Crippen LogP contribution in [0.2, 0.25) is 0 Å². The SMILES string of the molecule is CCNc1ncc(Br)c(NCCn2cc(C)cn2)n1. The molecule has 0 bridgehead atoms. The summed E-state index contributed by atoms with van der Waals surface area (Å²) in [6.07, 6.45) is 5.61. The molecule has 2 N–H and O–H groups in total. The Labute approximate surface area is 120 Å². The fraction of sp³-hybridized carbons (Fsp3) is 0.417. The van der Waals surface area contributed by atoms with Crippen LogP contribution in [-0.4, -0.2) is 32.8 Å². The van der Waals surface area contributed by atoms with Gasteiger partial charge in [0.1, 0.15) is 5.82 Å². The predicted octanol–water partition coefficient (Wildman–Crippen LogP) is 2.29. The summed E-state index contributed by atoms with van der Waals surface area (Å²) in [5.74, 6) is 1.41. The topological polar surface area (TPSA) is 67.7 Å². The lowest BCUT2D eigenvalue weighted by atomic mass is 10.4. The molecule has 0 amide bonds. The highest BCUT2D eigenvalue weighted by molar-refractivity contribution is 9.10. The third kappa shape index (κ3) is 3.92. The number of hydrogen-bond donors (Lipinski definition) is 2. The lowest BCUT2D eigenvalue weighted by molar-refractivity contribution is 0.636. The van der Waals surface area contributed by atoms with E-state index in [1.54, 1.807) is 6.20 Å². The second-order valence-corrected chi connectivity index (χ2v) is 4.98. The first-order valence-corrected chi connectivity index (χ1v) is 6.97. The Bertz CT molecular complexity index is 539. The zero-order chi connectivity index (χ0) is 13.7. The van der Waals surface area contributed by atoms with E-state index in [0.29, 0.717) is 5.95 Å². The second kappa shape index (κ2) is 6.51. The van der Waals surface area contributed by atoms with Gasteiger partial charge in [-0.1, -0.05) is 0 Å². The Hall–Kier alpha value is -1.63. The van der Waals surface area contributed by atoms with Crippen molar-refractivity contribution in [3.05, 3.63) is 28.6 Å². The van der Waals surface area contributed by atoms with Crippen molar-refractivity contribution in [1.29, 1.82) is 0 Å². The molecule has 0 unspecified atom stereocenters. The molecule has 19 heavy (non-hydrogen) atoms. The molecule has 6 nitrogen and oxygen atoms in total. The summed E-state index contributed by atoms with van der Waals surface area (Å²) in [4.78, 5) is 8.56. The van der Waals surface area contributed by atoms with Crippen LogP contribution in [0.5, 0.6) is 0 Å². The average Bonchev–Trinajstić information content (AvgIpc) is 2.79. The lowest BCUT2D eigenvalue weighted by Gasteiger charge is -2.09. The lowest BCUT2D eigenvalue weighted by Crippen LogP contribution is -2.13.